The summed E-state index contributed by atoms with van der Waals surface area (Å²) in [6, 6.07) is -14.7. The summed E-state index contributed by atoms with van der Waals surface area (Å²) in [5.41, 5.74) is -8.74. The number of hydrogen-bond donors (Lipinski definition) is 0. The summed E-state index contributed by atoms with van der Waals surface area (Å²) in [5, 5.41) is -3.98. The Morgan fingerprint density at radius 2 is 0.959 bits per heavy atom. The van der Waals surface area contributed by atoms with Gasteiger partial charge in [0.2, 0.25) is 0 Å². The van der Waals surface area contributed by atoms with Crippen LogP contribution in [-0.2, 0) is 21.1 Å². The standard InChI is InChI=1S/C91H62N4OSi.Pt/c1-64-54-90(92-62-85(64)68-34-15-5-16-35-68)95-86-49-24-23-46-83(86)84-52-51-76(61-88(84)95)96-75-38-26-37-74(60-75)93-63-94(87-53-50-69(59-89(87)93)65-28-9-2-10-29-65)91-81(47-27-48-82(91)73-56-71(66-30-11-3-12-31-66)55-72(57-73)67-32-13-4-14-33-67)70-36-25-45-80(58-70)97(77-39-17-6-18-40-77,78-41-19-7-20-42-78)79-43-21-8-22-44-79;/h2-59,62H,1H3;/q-2;/i1D3,2D,3D,4D,5D,6D,7D,8D,9D,10D,11D,12D,13D,14D,15D,16D,17D,18D,19D,20D,21D,22D,25D,28D,29D,30D,31D,32D,33D,34D,35D,36D,39D,40D,41D,42D,43D,44D,45D,56D,57D,58D;. The van der Waals surface area contributed by atoms with Gasteiger partial charge < -0.3 is 13.9 Å². The normalized spacial score (nSPS) is 17.9. The van der Waals surface area contributed by atoms with Gasteiger partial charge in [-0.2, -0.15) is 18.2 Å². The Morgan fingerprint density at radius 3 is 1.58 bits per heavy atom. The molecular formula is C91H62N4OPtSi-2. The van der Waals surface area contributed by atoms with E-state index in [1.54, 1.807) is 30.3 Å². The Bertz CT molecular complexity index is 8030. The van der Waals surface area contributed by atoms with Gasteiger partial charge in [-0.1, -0.05) is 290 Å². The monoisotopic (exact) mass is 1490 g/mol. The van der Waals surface area contributed by atoms with E-state index in [-0.39, 0.29) is 71.7 Å². The maximum Gasteiger partial charge on any atom is 0.268 e. The van der Waals surface area contributed by atoms with Crippen molar-refractivity contribution in [2.24, 2.45) is 0 Å². The molecule has 7 heteroatoms. The maximum atomic E-state index is 11.2. The third-order valence-electron chi connectivity index (χ3n) is 15.9. The number of nitrogens with zero attached hydrogens (tertiary/aromatic N) is 4. The summed E-state index contributed by atoms with van der Waals surface area (Å²) in [6.07, 6.45) is 4.29. The molecule has 0 radical (unpaired) electrons. The van der Waals surface area contributed by atoms with Crippen molar-refractivity contribution >= 4 is 61.7 Å². The fourth-order valence-electron chi connectivity index (χ4n) is 11.7. The molecule has 0 atom stereocenters. The molecule has 3 heterocycles. The number of imidazole rings is 1. The number of hydrogen-bond acceptors (Lipinski definition) is 2. The average Bonchev–Trinajstić information content (AvgIpc) is 0.941. The second kappa shape index (κ2) is 26.4. The van der Waals surface area contributed by atoms with Crippen LogP contribution in [0.4, 0.5) is 0 Å². The second-order valence-corrected chi connectivity index (χ2v) is 24.8. The number of para-hydroxylation sites is 2. The average molecular weight is 1490 g/mol. The Morgan fingerprint density at radius 1 is 0.418 bits per heavy atom. The molecule has 0 aliphatic rings. The zero-order chi connectivity index (χ0) is 103. The van der Waals surface area contributed by atoms with E-state index in [0.29, 0.717) is 16.3 Å². The van der Waals surface area contributed by atoms with Crippen molar-refractivity contribution in [3.05, 3.63) is 381 Å². The van der Waals surface area contributed by atoms with Crippen molar-refractivity contribution in [3.63, 3.8) is 0 Å². The molecule has 0 bridgehead atoms. The fourth-order valence-corrected chi connectivity index (χ4v) is 15.2. The summed E-state index contributed by atoms with van der Waals surface area (Å²) >= 11 is 0. The van der Waals surface area contributed by atoms with Crippen LogP contribution in [0.15, 0.2) is 357 Å². The second-order valence-electron chi connectivity index (χ2n) is 21.3. The number of rotatable bonds is 15. The molecule has 98 heavy (non-hydrogen) atoms. The SMILES string of the molecule is [2H]c1c([2H])c([2H])c(-c2ccc3c(c2)n(-c2[c-]c(Oc4[c-]c5c(cc4)c4ccccc4n5-c4cc(C([2H])([2H])[2H])c(-c5c([2H])c([2H])c([2H])c([2H])c5[2H])cn4)ccc2)[c-][n+]3-c2c(-c3c([2H])c(-c4c([2H])c([2H])c([2H])c([2H])c4[2H])cc(-c4c([2H])c([2H])c([2H])c([2H])c4[2H])c3[2H])cccc2-c2c([2H])c([2H])c([2H])c([Si](c3c([2H])c([2H])c([2H])c([2H])c3[2H])(c3c([2H])c([2H])c([2H])c([2H])c3[2H])c3c([2H])c([2H])c([2H])c([2H])c3[2H])c2[2H])c([2H])c1[2H].[Pt]. The summed E-state index contributed by atoms with van der Waals surface area (Å²) in [5.74, 6) is -0.359. The molecule has 468 valence electrons. The molecular weight excluding hydrogens is 1390 g/mol. The molecule has 14 aromatic carbocycles. The van der Waals surface area contributed by atoms with Crippen LogP contribution < -0.4 is 30.1 Å². The van der Waals surface area contributed by atoms with Crippen molar-refractivity contribution in [2.45, 2.75) is 6.85 Å². The van der Waals surface area contributed by atoms with Crippen molar-refractivity contribution < 1.29 is 90.7 Å². The van der Waals surface area contributed by atoms with E-state index in [1.165, 1.54) is 57.7 Å². The van der Waals surface area contributed by atoms with Crippen molar-refractivity contribution in [1.82, 2.24) is 14.1 Å². The van der Waals surface area contributed by atoms with E-state index in [9.17, 15) is 32.9 Å². The molecule has 3 aromatic heterocycles. The Labute approximate surface area is 648 Å². The first-order chi connectivity index (χ1) is 66.2. The first kappa shape index (κ1) is 29.7. The van der Waals surface area contributed by atoms with Crippen molar-refractivity contribution in [1.29, 1.82) is 0 Å². The number of aryl methyl sites for hydroxylation is 1. The third-order valence-corrected chi connectivity index (χ3v) is 19.9. The van der Waals surface area contributed by atoms with E-state index in [1.807, 2.05) is 0 Å². The van der Waals surface area contributed by atoms with Crippen molar-refractivity contribution in [2.75, 3.05) is 0 Å². The van der Waals surface area contributed by atoms with Gasteiger partial charge >= 0.3 is 0 Å². The molecule has 0 spiro atoms. The van der Waals surface area contributed by atoms with E-state index >= 15 is 0 Å². The maximum absolute atomic E-state index is 11.2. The summed E-state index contributed by atoms with van der Waals surface area (Å²) in [6.45, 7) is -3.03. The van der Waals surface area contributed by atoms with Crippen LogP contribution in [-0.4, -0.2) is 22.2 Å². The van der Waals surface area contributed by atoms with Gasteiger partial charge in [0.1, 0.15) is 5.82 Å². The zero-order valence-corrected chi connectivity index (χ0v) is 53.2. The van der Waals surface area contributed by atoms with Crippen LogP contribution in [0.2, 0.25) is 0 Å². The topological polar surface area (TPSA) is 35.9 Å². The van der Waals surface area contributed by atoms with Crippen LogP contribution in [0, 0.1) is 25.3 Å². The molecule has 0 fully saturated rings. The van der Waals surface area contributed by atoms with Gasteiger partial charge in [0.05, 0.1) is 72.9 Å². The molecule has 0 N–H and O–H groups in total. The zero-order valence-electron chi connectivity index (χ0n) is 93.9. The van der Waals surface area contributed by atoms with Crippen LogP contribution in [0.5, 0.6) is 11.5 Å². The van der Waals surface area contributed by atoms with E-state index < -0.39 is 350 Å². The molecule has 0 saturated carbocycles. The quantitative estimate of drug-likeness (QED) is 0.0444. The summed E-state index contributed by atoms with van der Waals surface area (Å²) in [7, 11) is -6.75. The number of fused-ring (bicyclic) bond motifs is 4. The first-order valence-corrected chi connectivity index (χ1v) is 31.3. The smallest absolute Gasteiger partial charge is 0.268 e. The molecule has 17 rings (SSSR count). The molecule has 17 aromatic rings. The predicted molar refractivity (Wildman–Crippen MR) is 401 cm³/mol. The molecule has 0 aliphatic heterocycles. The van der Waals surface area contributed by atoms with Gasteiger partial charge in [-0.3, -0.25) is 4.57 Å². The molecule has 0 saturated heterocycles. The van der Waals surface area contributed by atoms with E-state index in [2.05, 4.69) is 23.4 Å². The van der Waals surface area contributed by atoms with Crippen LogP contribution >= 0.6 is 0 Å². The third kappa shape index (κ3) is 11.2. The van der Waals surface area contributed by atoms with Gasteiger partial charge in [0.15, 0.2) is 8.07 Å². The van der Waals surface area contributed by atoms with Gasteiger partial charge in [0.25, 0.3) is 6.33 Å². The van der Waals surface area contributed by atoms with Crippen LogP contribution in [0.25, 0.3) is 117 Å². The van der Waals surface area contributed by atoms with Crippen molar-refractivity contribution in [3.8, 4) is 95.5 Å². The molecule has 5 nitrogen and oxygen atoms in total. The Hall–Kier alpha value is -11.8. The fraction of sp³-hybridized carbons (Fsp3) is 0.0110. The summed E-state index contributed by atoms with van der Waals surface area (Å²) < 4.78 is 422. The number of ether oxygens (including phenoxy) is 1. The minimum atomic E-state index is -6.75. The Balaban J connectivity index is 0.0000145. The molecule has 0 unspecified atom stereocenters. The minimum absolute atomic E-state index is 0. The summed E-state index contributed by atoms with van der Waals surface area (Å²) in [4.78, 5) is 4.66. The number of pyridine rings is 1. The Kier molecular flexibility index (Phi) is 8.00. The largest absolute Gasteiger partial charge is 0.510 e. The van der Waals surface area contributed by atoms with Gasteiger partial charge in [-0.05, 0) is 142 Å². The number of aromatic nitrogens is 4. The van der Waals surface area contributed by atoms with E-state index in [4.69, 9.17) is 32.2 Å². The van der Waals surface area contributed by atoms with E-state index in [0.717, 1.165) is 35.0 Å². The molecule has 0 amide bonds. The van der Waals surface area contributed by atoms with Gasteiger partial charge in [-0.25, -0.2) is 4.98 Å². The van der Waals surface area contributed by atoms with Crippen LogP contribution in [0.1, 0.15) is 65.9 Å². The molecule has 0 aliphatic carbocycles. The predicted octanol–water partition coefficient (Wildman–Crippen LogP) is 19.3. The van der Waals surface area contributed by atoms with Gasteiger partial charge in [-0.15, -0.1) is 29.7 Å². The van der Waals surface area contributed by atoms with Gasteiger partial charge in [0, 0.05) is 54.0 Å². The van der Waals surface area contributed by atoms with Crippen LogP contribution in [0.3, 0.4) is 0 Å². The first-order valence-electron chi connectivity index (χ1n) is 51.3. The minimum Gasteiger partial charge on any atom is -0.510 e. The number of benzene rings is 14.